The highest BCUT2D eigenvalue weighted by Gasteiger charge is 2.26. The molecule has 86 valence electrons. The Morgan fingerprint density at radius 1 is 1.50 bits per heavy atom. The zero-order valence-corrected chi connectivity index (χ0v) is 10.0. The van der Waals surface area contributed by atoms with Crippen molar-refractivity contribution in [1.29, 1.82) is 0 Å². The average Bonchev–Trinajstić information content (AvgIpc) is 3.10. The molecule has 2 rings (SSSR count). The summed E-state index contributed by atoms with van der Waals surface area (Å²) >= 11 is 0. The van der Waals surface area contributed by atoms with Gasteiger partial charge in [-0.25, -0.2) is 0 Å². The number of hydrogen-bond donors (Lipinski definition) is 0. The Bertz CT molecular complexity index is 385. The molecule has 3 nitrogen and oxygen atoms in total. The van der Waals surface area contributed by atoms with Crippen LogP contribution in [0.3, 0.4) is 0 Å². The molecular weight excluding hydrogens is 200 g/mol. The van der Waals surface area contributed by atoms with Crippen molar-refractivity contribution in [2.45, 2.75) is 32.4 Å². The lowest BCUT2D eigenvalue weighted by Crippen LogP contribution is -2.44. The quantitative estimate of drug-likeness (QED) is 0.550. The van der Waals surface area contributed by atoms with Gasteiger partial charge in [0.15, 0.2) is 12.7 Å². The summed E-state index contributed by atoms with van der Waals surface area (Å²) in [6.07, 6.45) is 4.64. The van der Waals surface area contributed by atoms with Gasteiger partial charge in [0.2, 0.25) is 11.5 Å². The fraction of sp³-hybridized carbons (Fsp3) is 0.538. The fourth-order valence-electron chi connectivity index (χ4n) is 1.95. The molecule has 3 heteroatoms. The topological polar surface area (TPSA) is 24.2 Å². The van der Waals surface area contributed by atoms with Crippen molar-refractivity contribution >= 4 is 5.78 Å². The summed E-state index contributed by atoms with van der Waals surface area (Å²) in [5.41, 5.74) is 0.798. The van der Waals surface area contributed by atoms with Gasteiger partial charge >= 0.3 is 0 Å². The van der Waals surface area contributed by atoms with E-state index in [0.29, 0.717) is 0 Å². The number of aromatic nitrogens is 1. The van der Waals surface area contributed by atoms with Crippen LogP contribution in [0.5, 0.6) is 0 Å². The minimum absolute atomic E-state index is 0.134. The van der Waals surface area contributed by atoms with Gasteiger partial charge in [-0.1, -0.05) is 0 Å². The normalized spacial score (nSPS) is 15.4. The Morgan fingerprint density at radius 2 is 2.25 bits per heavy atom. The highest BCUT2D eigenvalue weighted by Crippen LogP contribution is 2.24. The third-order valence-electron chi connectivity index (χ3n) is 3.17. The van der Waals surface area contributed by atoms with Crippen LogP contribution in [-0.4, -0.2) is 30.3 Å². The maximum absolute atomic E-state index is 11.4. The summed E-state index contributed by atoms with van der Waals surface area (Å²) < 4.78 is 2.04. The number of likely N-dealkylation sites (N-methyl/N-ethyl adjacent to an activating group) is 1. The summed E-state index contributed by atoms with van der Waals surface area (Å²) in [4.78, 5) is 13.8. The molecule has 0 N–H and O–H groups in total. The van der Waals surface area contributed by atoms with E-state index in [2.05, 4.69) is 11.9 Å². The van der Waals surface area contributed by atoms with Gasteiger partial charge in [0.1, 0.15) is 0 Å². The van der Waals surface area contributed by atoms with Gasteiger partial charge in [-0.05, 0) is 26.0 Å². The molecule has 16 heavy (non-hydrogen) atoms. The van der Waals surface area contributed by atoms with Crippen LogP contribution in [0.25, 0.3) is 0 Å². The molecule has 1 aromatic heterocycles. The van der Waals surface area contributed by atoms with Gasteiger partial charge < -0.3 is 0 Å². The van der Waals surface area contributed by atoms with E-state index in [1.54, 1.807) is 6.92 Å². The average molecular weight is 219 g/mol. The highest BCUT2D eigenvalue weighted by atomic mass is 16.1. The van der Waals surface area contributed by atoms with Crippen molar-refractivity contribution in [3.05, 3.63) is 30.1 Å². The Hall–Kier alpha value is -1.22. The first-order valence-electron chi connectivity index (χ1n) is 5.88. The van der Waals surface area contributed by atoms with E-state index in [1.165, 1.54) is 12.8 Å². The zero-order chi connectivity index (χ0) is 11.5. The summed E-state index contributed by atoms with van der Waals surface area (Å²) in [5, 5.41) is 0. The SMILES string of the molecule is CC(=O)c1cccc[n+]1CCN(C)C1CC1. The molecule has 0 atom stereocenters. The van der Waals surface area contributed by atoms with E-state index in [1.807, 2.05) is 29.0 Å². The van der Waals surface area contributed by atoms with Crippen LogP contribution in [0.1, 0.15) is 30.3 Å². The van der Waals surface area contributed by atoms with Gasteiger partial charge in [0.05, 0.1) is 6.54 Å². The predicted molar refractivity (Wildman–Crippen MR) is 62.3 cm³/mol. The van der Waals surface area contributed by atoms with E-state index in [4.69, 9.17) is 0 Å². The number of pyridine rings is 1. The number of carbonyl (C=O) groups is 1. The van der Waals surface area contributed by atoms with Gasteiger partial charge in [-0.15, -0.1) is 0 Å². The van der Waals surface area contributed by atoms with Gasteiger partial charge in [-0.2, -0.15) is 4.57 Å². The lowest BCUT2D eigenvalue weighted by Gasteiger charge is -2.13. The van der Waals surface area contributed by atoms with Crippen molar-refractivity contribution in [3.63, 3.8) is 0 Å². The molecule has 1 aromatic rings. The number of carbonyl (C=O) groups excluding carboxylic acids is 1. The molecule has 0 saturated heterocycles. The summed E-state index contributed by atoms with van der Waals surface area (Å²) in [5.74, 6) is 0.134. The van der Waals surface area contributed by atoms with E-state index in [-0.39, 0.29) is 5.78 Å². The second-order valence-corrected chi connectivity index (χ2v) is 4.55. The standard InChI is InChI=1S/C13H19N2O/c1-11(16)13-5-3-4-8-15(13)10-9-14(2)12-6-7-12/h3-5,8,12H,6-7,9-10H2,1-2H3/q+1. The van der Waals surface area contributed by atoms with Crippen LogP contribution in [0, 0.1) is 0 Å². The molecule has 1 saturated carbocycles. The summed E-state index contributed by atoms with van der Waals surface area (Å²) in [6.45, 7) is 3.53. The van der Waals surface area contributed by atoms with Crippen LogP contribution in [-0.2, 0) is 6.54 Å². The fourth-order valence-corrected chi connectivity index (χ4v) is 1.95. The van der Waals surface area contributed by atoms with Crippen molar-refractivity contribution in [3.8, 4) is 0 Å². The van der Waals surface area contributed by atoms with Crippen LogP contribution >= 0.6 is 0 Å². The van der Waals surface area contributed by atoms with E-state index in [0.717, 1.165) is 24.8 Å². The molecule has 0 aliphatic heterocycles. The molecule has 0 unspecified atom stereocenters. The van der Waals surface area contributed by atoms with E-state index < -0.39 is 0 Å². The van der Waals surface area contributed by atoms with Crippen molar-refractivity contribution < 1.29 is 9.36 Å². The Balaban J connectivity index is 1.99. The second-order valence-electron chi connectivity index (χ2n) is 4.55. The largest absolute Gasteiger partial charge is 0.297 e. The lowest BCUT2D eigenvalue weighted by molar-refractivity contribution is -0.698. The van der Waals surface area contributed by atoms with Crippen molar-refractivity contribution in [2.75, 3.05) is 13.6 Å². The molecule has 1 aliphatic rings. The number of rotatable bonds is 5. The molecule has 0 spiro atoms. The van der Waals surface area contributed by atoms with E-state index in [9.17, 15) is 4.79 Å². The summed E-state index contributed by atoms with van der Waals surface area (Å²) in [7, 11) is 2.16. The lowest BCUT2D eigenvalue weighted by atomic mass is 10.2. The molecular formula is C13H19N2O+. The van der Waals surface area contributed by atoms with Gasteiger partial charge in [-0.3, -0.25) is 9.69 Å². The van der Waals surface area contributed by atoms with Crippen LogP contribution in [0.15, 0.2) is 24.4 Å². The maximum atomic E-state index is 11.4. The second kappa shape index (κ2) is 4.74. The smallest absolute Gasteiger partial charge is 0.248 e. The first kappa shape index (κ1) is 11.3. The van der Waals surface area contributed by atoms with Crippen molar-refractivity contribution in [1.82, 2.24) is 4.90 Å². The molecule has 0 amide bonds. The molecule has 0 radical (unpaired) electrons. The Kier molecular flexibility index (Phi) is 3.34. The Morgan fingerprint density at radius 3 is 2.88 bits per heavy atom. The number of hydrogen-bond acceptors (Lipinski definition) is 2. The van der Waals surface area contributed by atoms with Crippen LogP contribution in [0.2, 0.25) is 0 Å². The molecule has 1 aliphatic carbocycles. The predicted octanol–water partition coefficient (Wildman–Crippen LogP) is 1.27. The number of nitrogens with zero attached hydrogens (tertiary/aromatic N) is 2. The summed E-state index contributed by atoms with van der Waals surface area (Å²) in [6, 6.07) is 6.56. The molecule has 0 bridgehead atoms. The van der Waals surface area contributed by atoms with Gasteiger partial charge in [0.25, 0.3) is 0 Å². The number of Topliss-reactive ketones (excluding diaryl/α,β-unsaturated/α-hetero) is 1. The first-order chi connectivity index (χ1) is 7.68. The van der Waals surface area contributed by atoms with Gasteiger partial charge in [0, 0.05) is 25.1 Å². The maximum Gasteiger partial charge on any atom is 0.248 e. The van der Waals surface area contributed by atoms with Crippen LogP contribution < -0.4 is 4.57 Å². The highest BCUT2D eigenvalue weighted by molar-refractivity contribution is 5.90. The molecule has 1 fully saturated rings. The van der Waals surface area contributed by atoms with Crippen LogP contribution in [0.4, 0.5) is 0 Å². The molecule has 1 heterocycles. The monoisotopic (exact) mass is 219 g/mol. The first-order valence-corrected chi connectivity index (χ1v) is 5.88. The number of ketones is 1. The minimum atomic E-state index is 0.134. The van der Waals surface area contributed by atoms with Crippen molar-refractivity contribution in [2.24, 2.45) is 0 Å². The zero-order valence-electron chi connectivity index (χ0n) is 10.0. The molecule has 0 aromatic carbocycles. The minimum Gasteiger partial charge on any atom is -0.297 e. The third kappa shape index (κ3) is 2.67. The Labute approximate surface area is 96.7 Å². The third-order valence-corrected chi connectivity index (χ3v) is 3.17. The van der Waals surface area contributed by atoms with E-state index >= 15 is 0 Å².